The van der Waals surface area contributed by atoms with Crippen molar-refractivity contribution in [3.05, 3.63) is 92.9 Å². The van der Waals surface area contributed by atoms with Crippen LogP contribution in [0.2, 0.25) is 5.02 Å². The number of carbonyl (C=O) groups excluding carboxylic acids is 2. The van der Waals surface area contributed by atoms with Gasteiger partial charge in [0.2, 0.25) is 0 Å². The molecule has 1 unspecified atom stereocenters. The van der Waals surface area contributed by atoms with Crippen molar-refractivity contribution in [3.8, 4) is 11.5 Å². The summed E-state index contributed by atoms with van der Waals surface area (Å²) in [5.41, 5.74) is 4.48. The van der Waals surface area contributed by atoms with Crippen LogP contribution in [0.5, 0.6) is 11.5 Å². The van der Waals surface area contributed by atoms with E-state index in [9.17, 15) is 9.59 Å². The van der Waals surface area contributed by atoms with E-state index < -0.39 is 11.9 Å². The average molecular weight is 545 g/mol. The Morgan fingerprint density at radius 3 is 2.53 bits per heavy atom. The molecule has 0 aromatic heterocycles. The molecule has 176 valence electrons. The molecule has 0 aliphatic heterocycles. The predicted molar refractivity (Wildman–Crippen MR) is 136 cm³/mol. The number of benzene rings is 3. The Labute approximate surface area is 211 Å². The largest absolute Gasteiger partial charge is 0.497 e. The second-order valence-corrected chi connectivity index (χ2v) is 8.49. The minimum Gasteiger partial charge on any atom is -0.497 e. The van der Waals surface area contributed by atoms with Gasteiger partial charge >= 0.3 is 0 Å². The molecular formula is C25H23BrClN3O4. The second kappa shape index (κ2) is 12.2. The smallest absolute Gasteiger partial charge is 0.262 e. The average Bonchev–Trinajstić information content (AvgIpc) is 2.84. The van der Waals surface area contributed by atoms with Gasteiger partial charge in [-0.1, -0.05) is 29.8 Å². The number of rotatable bonds is 9. The summed E-state index contributed by atoms with van der Waals surface area (Å²) < 4.78 is 11.6. The Morgan fingerprint density at radius 1 is 1.12 bits per heavy atom. The van der Waals surface area contributed by atoms with Gasteiger partial charge in [0.05, 0.1) is 17.8 Å². The van der Waals surface area contributed by atoms with E-state index in [0.717, 1.165) is 15.6 Å². The van der Waals surface area contributed by atoms with Crippen molar-refractivity contribution >= 4 is 45.6 Å². The third-order valence-electron chi connectivity index (χ3n) is 4.78. The molecule has 3 aromatic carbocycles. The topological polar surface area (TPSA) is 89.0 Å². The molecule has 1 atom stereocenters. The number of amides is 2. The number of ether oxygens (including phenoxy) is 2. The van der Waals surface area contributed by atoms with E-state index >= 15 is 0 Å². The molecule has 9 heteroatoms. The first-order valence-corrected chi connectivity index (χ1v) is 11.5. The van der Waals surface area contributed by atoms with Crippen molar-refractivity contribution in [3.63, 3.8) is 0 Å². The van der Waals surface area contributed by atoms with Gasteiger partial charge in [-0.05, 0) is 76.9 Å². The lowest BCUT2D eigenvalue weighted by molar-refractivity contribution is -0.122. The second-order valence-electron chi connectivity index (χ2n) is 7.23. The third-order valence-corrected chi connectivity index (χ3v) is 5.77. The Hall–Kier alpha value is -3.36. The number of methoxy groups -OCH3 is 1. The van der Waals surface area contributed by atoms with E-state index in [-0.39, 0.29) is 5.91 Å². The first kappa shape index (κ1) is 25.3. The normalized spacial score (nSPS) is 11.6. The zero-order valence-corrected chi connectivity index (χ0v) is 20.9. The monoisotopic (exact) mass is 543 g/mol. The van der Waals surface area contributed by atoms with Gasteiger partial charge in [-0.3, -0.25) is 9.59 Å². The lowest BCUT2D eigenvalue weighted by Crippen LogP contribution is -2.43. The molecule has 2 N–H and O–H groups in total. The van der Waals surface area contributed by atoms with Crippen LogP contribution in [0.25, 0.3) is 0 Å². The Morgan fingerprint density at radius 2 is 1.85 bits per heavy atom. The minimum atomic E-state index is -0.779. The molecule has 0 aliphatic rings. The van der Waals surface area contributed by atoms with Crippen LogP contribution in [-0.4, -0.2) is 31.2 Å². The molecule has 0 saturated heterocycles. The van der Waals surface area contributed by atoms with Crippen molar-refractivity contribution in [2.45, 2.75) is 19.6 Å². The number of halogens is 2. The summed E-state index contributed by atoms with van der Waals surface area (Å²) in [6.07, 6.45) is 1.50. The molecule has 34 heavy (non-hydrogen) atoms. The maximum Gasteiger partial charge on any atom is 0.262 e. The van der Waals surface area contributed by atoms with Gasteiger partial charge in [-0.25, -0.2) is 5.43 Å². The van der Waals surface area contributed by atoms with E-state index in [2.05, 4.69) is 31.8 Å². The predicted octanol–water partition coefficient (Wildman–Crippen LogP) is 4.96. The van der Waals surface area contributed by atoms with Crippen molar-refractivity contribution < 1.29 is 19.1 Å². The van der Waals surface area contributed by atoms with Crippen LogP contribution >= 0.6 is 27.5 Å². The fourth-order valence-electron chi connectivity index (χ4n) is 2.84. The van der Waals surface area contributed by atoms with E-state index in [0.29, 0.717) is 28.7 Å². The highest BCUT2D eigenvalue weighted by Gasteiger charge is 2.16. The fraction of sp³-hybridized carbons (Fsp3) is 0.160. The molecular weight excluding hydrogens is 522 g/mol. The first-order valence-electron chi connectivity index (χ1n) is 10.3. The summed E-state index contributed by atoms with van der Waals surface area (Å²) in [5.74, 6) is 0.474. The molecule has 0 radical (unpaired) electrons. The molecule has 3 aromatic rings. The van der Waals surface area contributed by atoms with Gasteiger partial charge in [-0.2, -0.15) is 5.10 Å². The van der Waals surface area contributed by atoms with Crippen LogP contribution in [-0.2, 0) is 11.4 Å². The van der Waals surface area contributed by atoms with E-state index in [1.807, 2.05) is 30.3 Å². The molecule has 0 bridgehead atoms. The van der Waals surface area contributed by atoms with Crippen molar-refractivity contribution in [1.82, 2.24) is 10.7 Å². The van der Waals surface area contributed by atoms with Crippen molar-refractivity contribution in [1.29, 1.82) is 0 Å². The Kier molecular flexibility index (Phi) is 9.07. The minimum absolute atomic E-state index is 0.335. The lowest BCUT2D eigenvalue weighted by atomic mass is 10.2. The molecule has 0 aliphatic carbocycles. The number of nitrogens with zero attached hydrogens (tertiary/aromatic N) is 1. The van der Waals surface area contributed by atoms with Gasteiger partial charge in [0.15, 0.2) is 0 Å². The highest BCUT2D eigenvalue weighted by molar-refractivity contribution is 9.10. The lowest BCUT2D eigenvalue weighted by Gasteiger charge is -2.12. The number of hydrogen-bond acceptors (Lipinski definition) is 5. The van der Waals surface area contributed by atoms with E-state index in [1.54, 1.807) is 50.4 Å². The maximum absolute atomic E-state index is 12.3. The highest BCUT2D eigenvalue weighted by Crippen LogP contribution is 2.27. The standard InChI is InChI=1S/C25H23BrClN3O4/c1-16(29-25(32)18-8-10-20(33-2)11-9-18)24(31)30-28-14-17-7-12-23(21(26)13-17)34-15-19-5-3-4-6-22(19)27/h3-14,16H,15H2,1-2H3,(H,29,32)(H,30,31). The quantitative estimate of drug-likeness (QED) is 0.294. The zero-order chi connectivity index (χ0) is 24.5. The van der Waals surface area contributed by atoms with Crippen LogP contribution < -0.4 is 20.2 Å². The van der Waals surface area contributed by atoms with E-state index in [4.69, 9.17) is 21.1 Å². The molecule has 0 spiro atoms. The molecule has 0 fully saturated rings. The maximum atomic E-state index is 12.3. The summed E-state index contributed by atoms with van der Waals surface area (Å²) in [6, 6.07) is 18.7. The van der Waals surface area contributed by atoms with Gasteiger partial charge in [0, 0.05) is 16.1 Å². The first-order chi connectivity index (χ1) is 16.4. The number of hydrazone groups is 1. The van der Waals surface area contributed by atoms with Gasteiger partial charge in [0.25, 0.3) is 11.8 Å². The van der Waals surface area contributed by atoms with Crippen LogP contribution in [0.15, 0.2) is 76.3 Å². The number of carbonyl (C=O) groups is 2. The molecule has 0 heterocycles. The van der Waals surface area contributed by atoms with Crippen LogP contribution in [0.1, 0.15) is 28.4 Å². The SMILES string of the molecule is COc1ccc(C(=O)NC(C)C(=O)NN=Cc2ccc(OCc3ccccc3Cl)c(Br)c2)cc1. The van der Waals surface area contributed by atoms with Gasteiger partial charge < -0.3 is 14.8 Å². The summed E-state index contributed by atoms with van der Waals surface area (Å²) in [6.45, 7) is 1.91. The molecule has 3 rings (SSSR count). The zero-order valence-electron chi connectivity index (χ0n) is 18.5. The summed E-state index contributed by atoms with van der Waals surface area (Å²) >= 11 is 9.64. The number of nitrogens with one attached hydrogen (secondary N) is 2. The number of hydrogen-bond donors (Lipinski definition) is 2. The molecule has 2 amide bonds. The van der Waals surface area contributed by atoms with Crippen LogP contribution in [0.3, 0.4) is 0 Å². The van der Waals surface area contributed by atoms with Crippen LogP contribution in [0, 0.1) is 0 Å². The Bertz CT molecular complexity index is 1190. The fourth-order valence-corrected chi connectivity index (χ4v) is 3.54. The third kappa shape index (κ3) is 7.07. The summed E-state index contributed by atoms with van der Waals surface area (Å²) in [5, 5.41) is 7.25. The molecule has 7 nitrogen and oxygen atoms in total. The van der Waals surface area contributed by atoms with Crippen LogP contribution in [0.4, 0.5) is 0 Å². The highest BCUT2D eigenvalue weighted by atomic mass is 79.9. The summed E-state index contributed by atoms with van der Waals surface area (Å²) in [4.78, 5) is 24.6. The molecule has 0 saturated carbocycles. The summed E-state index contributed by atoms with van der Waals surface area (Å²) in [7, 11) is 1.55. The Balaban J connectivity index is 1.50. The van der Waals surface area contributed by atoms with Crippen molar-refractivity contribution in [2.24, 2.45) is 5.10 Å². The van der Waals surface area contributed by atoms with Gasteiger partial charge in [-0.15, -0.1) is 0 Å². The van der Waals surface area contributed by atoms with Crippen molar-refractivity contribution in [2.75, 3.05) is 7.11 Å². The van der Waals surface area contributed by atoms with E-state index in [1.165, 1.54) is 6.21 Å². The van der Waals surface area contributed by atoms with Gasteiger partial charge in [0.1, 0.15) is 24.1 Å².